The predicted molar refractivity (Wildman–Crippen MR) is 129 cm³/mol. The van der Waals surface area contributed by atoms with E-state index in [9.17, 15) is 0 Å². The first-order valence-electron chi connectivity index (χ1n) is 8.96. The Morgan fingerprint density at radius 1 is 1.03 bits per heavy atom. The molecule has 0 fully saturated rings. The Morgan fingerprint density at radius 2 is 1.80 bits per heavy atom. The lowest BCUT2D eigenvalue weighted by molar-refractivity contribution is 0.177. The maximum atomic E-state index is 6.42. The van der Waals surface area contributed by atoms with Crippen LogP contribution in [0.2, 0.25) is 15.1 Å². The van der Waals surface area contributed by atoms with Crippen molar-refractivity contribution in [3.8, 4) is 11.1 Å². The summed E-state index contributed by atoms with van der Waals surface area (Å²) in [5.41, 5.74) is 2.75. The predicted octanol–water partition coefficient (Wildman–Crippen LogP) is 7.71. The lowest BCUT2D eigenvalue weighted by atomic mass is 10.1. The van der Waals surface area contributed by atoms with Crippen LogP contribution in [0.1, 0.15) is 16.5 Å². The lowest BCUT2D eigenvalue weighted by Gasteiger charge is -2.21. The van der Waals surface area contributed by atoms with Gasteiger partial charge in [0.2, 0.25) is 5.05 Å². The summed E-state index contributed by atoms with van der Waals surface area (Å²) < 4.78 is 8.25. The van der Waals surface area contributed by atoms with Crippen LogP contribution in [0.15, 0.2) is 72.6 Å². The Morgan fingerprint density at radius 3 is 2.50 bits per heavy atom. The number of thiophene rings is 1. The third-order valence-corrected chi connectivity index (χ3v) is 6.64. The van der Waals surface area contributed by atoms with Crippen molar-refractivity contribution < 1.29 is 4.74 Å². The van der Waals surface area contributed by atoms with E-state index in [-0.39, 0.29) is 6.10 Å². The number of thiocarbonyl (C=S) groups is 1. The molecule has 0 aliphatic carbocycles. The molecule has 0 amide bonds. The molecule has 1 atom stereocenters. The Kier molecular flexibility index (Phi) is 6.76. The van der Waals surface area contributed by atoms with Gasteiger partial charge in [0.15, 0.2) is 0 Å². The van der Waals surface area contributed by atoms with Gasteiger partial charge in [-0.3, -0.25) is 0 Å². The van der Waals surface area contributed by atoms with Crippen LogP contribution in [0.25, 0.3) is 11.1 Å². The highest BCUT2D eigenvalue weighted by Crippen LogP contribution is 2.36. The van der Waals surface area contributed by atoms with Crippen molar-refractivity contribution >= 4 is 63.4 Å². The number of nitrogens with zero attached hydrogens (tertiary/aromatic N) is 2. The third kappa shape index (κ3) is 4.88. The molecule has 0 aliphatic rings. The van der Waals surface area contributed by atoms with Crippen molar-refractivity contribution in [1.82, 2.24) is 9.55 Å². The number of benzene rings is 2. The van der Waals surface area contributed by atoms with Crippen LogP contribution in [0.4, 0.5) is 0 Å². The Bertz CT molecular complexity index is 1160. The Balaban J connectivity index is 1.63. The molecule has 2 heterocycles. The molecule has 2 aromatic heterocycles. The molecule has 0 spiro atoms. The van der Waals surface area contributed by atoms with E-state index in [1.807, 2.05) is 58.6 Å². The number of aromatic nitrogens is 2. The second kappa shape index (κ2) is 9.50. The maximum Gasteiger partial charge on any atom is 0.202 e. The first kappa shape index (κ1) is 21.3. The first-order chi connectivity index (χ1) is 14.5. The number of rotatable bonds is 6. The number of hydrogen-bond donors (Lipinski definition) is 0. The number of ether oxygens (including phenoxy) is 1. The van der Waals surface area contributed by atoms with E-state index < -0.39 is 0 Å². The van der Waals surface area contributed by atoms with E-state index in [0.29, 0.717) is 26.7 Å². The van der Waals surface area contributed by atoms with Gasteiger partial charge in [0.25, 0.3) is 0 Å². The molecule has 0 N–H and O–H groups in total. The average Bonchev–Trinajstić information content (AvgIpc) is 3.40. The number of halogens is 3. The minimum absolute atomic E-state index is 0.306. The van der Waals surface area contributed by atoms with Crippen molar-refractivity contribution in [2.24, 2.45) is 0 Å². The molecule has 3 nitrogen and oxygen atoms in total. The Hall–Kier alpha value is -1.89. The summed E-state index contributed by atoms with van der Waals surface area (Å²) in [6.45, 7) is 0.560. The fourth-order valence-corrected chi connectivity index (χ4v) is 4.84. The van der Waals surface area contributed by atoms with Gasteiger partial charge in [-0.05, 0) is 53.5 Å². The highest BCUT2D eigenvalue weighted by Gasteiger charge is 2.21. The van der Waals surface area contributed by atoms with Crippen molar-refractivity contribution in [3.05, 3.63) is 98.1 Å². The molecule has 152 valence electrons. The summed E-state index contributed by atoms with van der Waals surface area (Å²) in [5, 5.41) is 4.20. The van der Waals surface area contributed by atoms with Crippen LogP contribution >= 0.6 is 58.4 Å². The van der Waals surface area contributed by atoms with Gasteiger partial charge in [-0.15, -0.1) is 11.3 Å². The van der Waals surface area contributed by atoms with Gasteiger partial charge in [0.05, 0.1) is 17.7 Å². The molecule has 0 aliphatic heterocycles. The van der Waals surface area contributed by atoms with Crippen LogP contribution in [-0.2, 0) is 11.3 Å². The minimum Gasteiger partial charge on any atom is -0.472 e. The molecule has 0 bridgehead atoms. The normalized spacial score (nSPS) is 12.0. The average molecular weight is 494 g/mol. The fraction of sp³-hybridized carbons (Fsp3) is 0.0909. The summed E-state index contributed by atoms with van der Waals surface area (Å²) in [7, 11) is 0. The lowest BCUT2D eigenvalue weighted by Crippen LogP contribution is -2.16. The second-order valence-electron chi connectivity index (χ2n) is 6.49. The van der Waals surface area contributed by atoms with Crippen LogP contribution in [0.3, 0.4) is 0 Å². The minimum atomic E-state index is -0.306. The zero-order chi connectivity index (χ0) is 21.1. The highest BCUT2D eigenvalue weighted by atomic mass is 35.5. The summed E-state index contributed by atoms with van der Waals surface area (Å²) in [6, 6.07) is 15.0. The molecular formula is C22H15Cl3N2OS2. The fourth-order valence-electron chi connectivity index (χ4n) is 3.04. The van der Waals surface area contributed by atoms with Crippen molar-refractivity contribution in [2.75, 3.05) is 0 Å². The SMILES string of the molecule is S=C(OC(Cn1ccnc1)c1ccc(Cl)cc1)c1sccc1-c1ccc(Cl)cc1Cl. The number of hydrogen-bond acceptors (Lipinski definition) is 4. The molecule has 0 saturated carbocycles. The van der Waals surface area contributed by atoms with E-state index in [1.54, 1.807) is 18.6 Å². The molecule has 2 aromatic carbocycles. The zero-order valence-corrected chi connectivity index (χ0v) is 19.4. The van der Waals surface area contributed by atoms with E-state index in [4.69, 9.17) is 51.8 Å². The third-order valence-electron chi connectivity index (χ3n) is 4.50. The van der Waals surface area contributed by atoms with Crippen molar-refractivity contribution in [3.63, 3.8) is 0 Å². The van der Waals surface area contributed by atoms with Crippen LogP contribution in [-0.4, -0.2) is 14.6 Å². The number of imidazole rings is 1. The van der Waals surface area contributed by atoms with Gasteiger partial charge < -0.3 is 9.30 Å². The molecule has 8 heteroatoms. The monoisotopic (exact) mass is 492 g/mol. The summed E-state index contributed by atoms with van der Waals surface area (Å²) in [5.74, 6) is 0. The van der Waals surface area contributed by atoms with Gasteiger partial charge in [-0.2, -0.15) is 0 Å². The topological polar surface area (TPSA) is 27.1 Å². The molecule has 0 saturated heterocycles. The molecule has 1 unspecified atom stereocenters. The van der Waals surface area contributed by atoms with E-state index >= 15 is 0 Å². The van der Waals surface area contributed by atoms with Crippen LogP contribution in [0.5, 0.6) is 0 Å². The van der Waals surface area contributed by atoms with E-state index in [0.717, 1.165) is 21.6 Å². The molecule has 4 rings (SSSR count). The largest absolute Gasteiger partial charge is 0.472 e. The second-order valence-corrected chi connectivity index (χ2v) is 9.06. The van der Waals surface area contributed by atoms with E-state index in [1.165, 1.54) is 11.3 Å². The van der Waals surface area contributed by atoms with E-state index in [2.05, 4.69) is 4.98 Å². The highest BCUT2D eigenvalue weighted by molar-refractivity contribution is 7.80. The van der Waals surface area contributed by atoms with Crippen molar-refractivity contribution in [1.29, 1.82) is 0 Å². The zero-order valence-electron chi connectivity index (χ0n) is 15.5. The van der Waals surface area contributed by atoms with Gasteiger partial charge >= 0.3 is 0 Å². The van der Waals surface area contributed by atoms with Gasteiger partial charge in [-0.25, -0.2) is 4.98 Å². The van der Waals surface area contributed by atoms with Gasteiger partial charge in [0.1, 0.15) is 6.10 Å². The van der Waals surface area contributed by atoms with Crippen molar-refractivity contribution in [2.45, 2.75) is 12.6 Å². The quantitative estimate of drug-likeness (QED) is 0.257. The molecule has 4 aromatic rings. The summed E-state index contributed by atoms with van der Waals surface area (Å²) >= 11 is 25.7. The molecule has 30 heavy (non-hydrogen) atoms. The Labute approximate surface area is 198 Å². The van der Waals surface area contributed by atoms with Crippen LogP contribution in [0, 0.1) is 0 Å². The summed E-state index contributed by atoms with van der Waals surface area (Å²) in [4.78, 5) is 4.96. The standard InChI is InChI=1S/C22H15Cl3N2OS2/c23-15-3-1-14(2-4-15)20(12-27-9-8-26-13-27)28-22(29)21-18(7-10-30-21)17-6-5-16(24)11-19(17)25/h1-11,13,20H,12H2. The maximum absolute atomic E-state index is 6.42. The van der Waals surface area contributed by atoms with Gasteiger partial charge in [-0.1, -0.05) is 53.0 Å². The summed E-state index contributed by atoms with van der Waals surface area (Å²) in [6.07, 6.45) is 5.07. The molecular weight excluding hydrogens is 479 g/mol. The first-order valence-corrected chi connectivity index (χ1v) is 11.4. The van der Waals surface area contributed by atoms with Gasteiger partial charge in [0, 0.05) is 38.6 Å². The molecule has 0 radical (unpaired) electrons. The van der Waals surface area contributed by atoms with Crippen LogP contribution < -0.4 is 0 Å². The smallest absolute Gasteiger partial charge is 0.202 e.